The predicted octanol–water partition coefficient (Wildman–Crippen LogP) is 3.03. The Balaban J connectivity index is 2.36. The lowest BCUT2D eigenvalue weighted by molar-refractivity contribution is 0.112. The quantitative estimate of drug-likeness (QED) is 0.727. The van der Waals surface area contributed by atoms with Crippen LogP contribution < -0.4 is 0 Å². The Labute approximate surface area is 93.2 Å². The zero-order valence-corrected chi connectivity index (χ0v) is 9.67. The van der Waals surface area contributed by atoms with Crippen molar-refractivity contribution < 1.29 is 4.79 Å². The molecular weight excluding hydrogens is 206 g/mol. The van der Waals surface area contributed by atoms with Crippen LogP contribution in [-0.2, 0) is 6.54 Å². The summed E-state index contributed by atoms with van der Waals surface area (Å²) in [7, 11) is 0. The third-order valence-corrected chi connectivity index (χ3v) is 3.49. The zero-order chi connectivity index (χ0) is 10.8. The summed E-state index contributed by atoms with van der Waals surface area (Å²) < 4.78 is 2.18. The number of nitrogens with zero attached hydrogens (tertiary/aromatic N) is 1. The second kappa shape index (κ2) is 4.03. The van der Waals surface area contributed by atoms with E-state index in [1.165, 1.54) is 4.88 Å². The Hall–Kier alpha value is -1.35. The summed E-state index contributed by atoms with van der Waals surface area (Å²) in [6.45, 7) is 4.89. The first kappa shape index (κ1) is 10.2. The molecule has 2 heterocycles. The van der Waals surface area contributed by atoms with E-state index in [-0.39, 0.29) is 0 Å². The van der Waals surface area contributed by atoms with E-state index in [1.807, 2.05) is 19.9 Å². The lowest BCUT2D eigenvalue weighted by Crippen LogP contribution is -2.02. The van der Waals surface area contributed by atoms with Gasteiger partial charge < -0.3 is 4.57 Å². The Kier molecular flexibility index (Phi) is 2.73. The van der Waals surface area contributed by atoms with Gasteiger partial charge in [-0.05, 0) is 31.4 Å². The fourth-order valence-corrected chi connectivity index (χ4v) is 2.44. The molecule has 0 N–H and O–H groups in total. The van der Waals surface area contributed by atoms with Crippen molar-refractivity contribution in [2.24, 2.45) is 0 Å². The highest BCUT2D eigenvalue weighted by molar-refractivity contribution is 7.09. The van der Waals surface area contributed by atoms with E-state index in [2.05, 4.69) is 22.1 Å². The number of hydrogen-bond acceptors (Lipinski definition) is 2. The van der Waals surface area contributed by atoms with Crippen LogP contribution in [0.1, 0.15) is 26.6 Å². The van der Waals surface area contributed by atoms with Crippen LogP contribution in [0.3, 0.4) is 0 Å². The molecule has 2 nitrogen and oxygen atoms in total. The number of carbonyl (C=O) groups is 1. The van der Waals surface area contributed by atoms with Crippen LogP contribution in [0.5, 0.6) is 0 Å². The summed E-state index contributed by atoms with van der Waals surface area (Å²) in [5.74, 6) is 0. The molecule has 0 fully saturated rings. The van der Waals surface area contributed by atoms with Gasteiger partial charge in [0.05, 0.1) is 6.54 Å². The zero-order valence-electron chi connectivity index (χ0n) is 8.86. The molecule has 2 aromatic rings. The number of hydrogen-bond donors (Lipinski definition) is 0. The minimum absolute atomic E-state index is 0.795. The summed E-state index contributed by atoms with van der Waals surface area (Å²) in [6, 6.07) is 6.11. The van der Waals surface area contributed by atoms with E-state index < -0.39 is 0 Å². The molecule has 78 valence electrons. The summed E-state index contributed by atoms with van der Waals surface area (Å²) in [6.07, 6.45) is 0.924. The molecule has 0 saturated heterocycles. The van der Waals surface area contributed by atoms with Gasteiger partial charge in [-0.1, -0.05) is 6.07 Å². The number of aldehydes is 1. The first-order valence-corrected chi connectivity index (χ1v) is 5.74. The summed E-state index contributed by atoms with van der Waals surface area (Å²) in [4.78, 5) is 12.1. The van der Waals surface area contributed by atoms with Gasteiger partial charge in [-0.3, -0.25) is 4.79 Å². The monoisotopic (exact) mass is 219 g/mol. The Morgan fingerprint density at radius 3 is 2.80 bits per heavy atom. The van der Waals surface area contributed by atoms with Crippen molar-refractivity contribution in [2.45, 2.75) is 20.4 Å². The van der Waals surface area contributed by atoms with Crippen molar-refractivity contribution in [3.8, 4) is 0 Å². The van der Waals surface area contributed by atoms with Gasteiger partial charge in [0.25, 0.3) is 0 Å². The maximum atomic E-state index is 10.8. The lowest BCUT2D eigenvalue weighted by Gasteiger charge is -2.07. The van der Waals surface area contributed by atoms with Crippen LogP contribution in [0.15, 0.2) is 23.6 Å². The first-order chi connectivity index (χ1) is 7.22. The molecule has 0 bridgehead atoms. The van der Waals surface area contributed by atoms with Crippen molar-refractivity contribution >= 4 is 17.6 Å². The average Bonchev–Trinajstić information content (AvgIpc) is 2.81. The second-order valence-corrected chi connectivity index (χ2v) is 4.64. The van der Waals surface area contributed by atoms with Crippen molar-refractivity contribution in [3.63, 3.8) is 0 Å². The highest BCUT2D eigenvalue weighted by Gasteiger charge is 2.08. The number of aryl methyl sites for hydroxylation is 1. The molecule has 0 aromatic carbocycles. The third kappa shape index (κ3) is 1.88. The summed E-state index contributed by atoms with van der Waals surface area (Å²) >= 11 is 1.74. The summed E-state index contributed by atoms with van der Waals surface area (Å²) in [5, 5.41) is 2.07. The number of thiophene rings is 1. The van der Waals surface area contributed by atoms with Gasteiger partial charge in [0.1, 0.15) is 0 Å². The molecular formula is C12H13NOS. The first-order valence-electron chi connectivity index (χ1n) is 4.86. The van der Waals surface area contributed by atoms with Crippen LogP contribution in [0, 0.1) is 13.8 Å². The molecule has 0 spiro atoms. The van der Waals surface area contributed by atoms with E-state index in [9.17, 15) is 4.79 Å². The molecule has 0 atom stereocenters. The maximum Gasteiger partial charge on any atom is 0.151 e. The number of aromatic nitrogens is 1. The van der Waals surface area contributed by atoms with Crippen molar-refractivity contribution in [2.75, 3.05) is 0 Å². The third-order valence-electron chi connectivity index (χ3n) is 2.63. The van der Waals surface area contributed by atoms with Crippen LogP contribution in [-0.4, -0.2) is 10.9 Å². The van der Waals surface area contributed by atoms with Crippen molar-refractivity contribution in [1.29, 1.82) is 0 Å². The fourth-order valence-electron chi connectivity index (χ4n) is 1.75. The normalized spacial score (nSPS) is 10.5. The van der Waals surface area contributed by atoms with E-state index in [0.29, 0.717) is 0 Å². The highest BCUT2D eigenvalue weighted by atomic mass is 32.1. The van der Waals surface area contributed by atoms with Crippen LogP contribution >= 0.6 is 11.3 Å². The fraction of sp³-hybridized carbons (Fsp3) is 0.250. The molecule has 0 unspecified atom stereocenters. The standard InChI is InChI=1S/C12H13NOS/c1-9-6-11(8-14)10(2)13(9)7-12-4-3-5-15-12/h3-6,8H,7H2,1-2H3. The SMILES string of the molecule is Cc1cc(C=O)c(C)n1Cc1cccs1. The van der Waals surface area contributed by atoms with E-state index in [0.717, 1.165) is 29.8 Å². The Morgan fingerprint density at radius 1 is 1.47 bits per heavy atom. The molecule has 0 saturated carbocycles. The molecule has 2 aromatic heterocycles. The molecule has 0 aliphatic heterocycles. The lowest BCUT2D eigenvalue weighted by atomic mass is 10.3. The minimum Gasteiger partial charge on any atom is -0.343 e. The molecule has 0 radical (unpaired) electrons. The second-order valence-electron chi connectivity index (χ2n) is 3.61. The molecule has 15 heavy (non-hydrogen) atoms. The van der Waals surface area contributed by atoms with Gasteiger partial charge in [0, 0.05) is 21.8 Å². The van der Waals surface area contributed by atoms with Gasteiger partial charge in [-0.15, -0.1) is 11.3 Å². The van der Waals surface area contributed by atoms with E-state index in [4.69, 9.17) is 0 Å². The van der Waals surface area contributed by atoms with E-state index >= 15 is 0 Å². The topological polar surface area (TPSA) is 22.0 Å². The van der Waals surface area contributed by atoms with Gasteiger partial charge in [0.15, 0.2) is 6.29 Å². The van der Waals surface area contributed by atoms with E-state index in [1.54, 1.807) is 11.3 Å². The van der Waals surface area contributed by atoms with Crippen LogP contribution in [0.2, 0.25) is 0 Å². The van der Waals surface area contributed by atoms with Gasteiger partial charge in [0.2, 0.25) is 0 Å². The Morgan fingerprint density at radius 2 is 2.27 bits per heavy atom. The highest BCUT2D eigenvalue weighted by Crippen LogP contribution is 2.17. The summed E-state index contributed by atoms with van der Waals surface area (Å²) in [5.41, 5.74) is 2.99. The molecule has 0 aliphatic carbocycles. The van der Waals surface area contributed by atoms with Crippen molar-refractivity contribution in [3.05, 3.63) is 45.4 Å². The van der Waals surface area contributed by atoms with Crippen LogP contribution in [0.25, 0.3) is 0 Å². The molecule has 0 amide bonds. The Bertz CT molecular complexity index is 468. The molecule has 2 rings (SSSR count). The minimum atomic E-state index is 0.795. The number of carbonyl (C=O) groups excluding carboxylic acids is 1. The maximum absolute atomic E-state index is 10.8. The molecule has 0 aliphatic rings. The smallest absolute Gasteiger partial charge is 0.151 e. The molecule has 3 heteroatoms. The predicted molar refractivity (Wildman–Crippen MR) is 62.7 cm³/mol. The van der Waals surface area contributed by atoms with Gasteiger partial charge >= 0.3 is 0 Å². The van der Waals surface area contributed by atoms with Crippen molar-refractivity contribution in [1.82, 2.24) is 4.57 Å². The largest absolute Gasteiger partial charge is 0.343 e. The van der Waals surface area contributed by atoms with Gasteiger partial charge in [-0.2, -0.15) is 0 Å². The van der Waals surface area contributed by atoms with Gasteiger partial charge in [-0.25, -0.2) is 0 Å². The van der Waals surface area contributed by atoms with Crippen LogP contribution in [0.4, 0.5) is 0 Å². The average molecular weight is 219 g/mol. The number of rotatable bonds is 3.